The summed E-state index contributed by atoms with van der Waals surface area (Å²) in [4.78, 5) is 16.1. The molecule has 0 saturated carbocycles. The fraction of sp³-hybridized carbons (Fsp3) is 0.250. The Morgan fingerprint density at radius 3 is 2.72 bits per heavy atom. The highest BCUT2D eigenvalue weighted by molar-refractivity contribution is 7.99. The number of carbonyl (C=O) groups excluding carboxylic acids is 1. The highest BCUT2D eigenvalue weighted by Crippen LogP contribution is 2.28. The van der Waals surface area contributed by atoms with Crippen LogP contribution < -0.4 is 5.32 Å². The largest absolute Gasteiger partial charge is 0.301 e. The maximum atomic E-state index is 12.0. The standard InChI is InChI=1S/C16H16ClN5OS2/c1-10(2)22-14(11-3-5-12(17)6-4-11)20-21-16(22)25-9-13(23)19-15-18-7-8-24-15/h3-8,10H,9H2,1-2H3,(H,18,19,23). The average molecular weight is 394 g/mol. The van der Waals surface area contributed by atoms with Crippen molar-refractivity contribution in [3.05, 3.63) is 40.9 Å². The van der Waals surface area contributed by atoms with Gasteiger partial charge in [-0.15, -0.1) is 21.5 Å². The van der Waals surface area contributed by atoms with Crippen LogP contribution in [0, 0.1) is 0 Å². The number of nitrogens with one attached hydrogen (secondary N) is 1. The molecule has 1 amide bonds. The summed E-state index contributed by atoms with van der Waals surface area (Å²) in [5.41, 5.74) is 0.935. The molecule has 6 nitrogen and oxygen atoms in total. The number of halogens is 1. The minimum absolute atomic E-state index is 0.119. The van der Waals surface area contributed by atoms with E-state index in [0.29, 0.717) is 15.3 Å². The lowest BCUT2D eigenvalue weighted by Gasteiger charge is -2.13. The molecule has 0 unspecified atom stereocenters. The molecule has 1 aromatic carbocycles. The van der Waals surface area contributed by atoms with Crippen molar-refractivity contribution < 1.29 is 4.79 Å². The number of amides is 1. The predicted molar refractivity (Wildman–Crippen MR) is 102 cm³/mol. The Labute approximate surface area is 158 Å². The van der Waals surface area contributed by atoms with Gasteiger partial charge in [-0.1, -0.05) is 23.4 Å². The van der Waals surface area contributed by atoms with Crippen molar-refractivity contribution in [1.29, 1.82) is 0 Å². The molecule has 0 aliphatic rings. The zero-order valence-corrected chi connectivity index (χ0v) is 16.0. The molecule has 0 fully saturated rings. The summed E-state index contributed by atoms with van der Waals surface area (Å²) >= 11 is 8.69. The van der Waals surface area contributed by atoms with Crippen LogP contribution in [-0.2, 0) is 4.79 Å². The molecule has 0 spiro atoms. The van der Waals surface area contributed by atoms with Gasteiger partial charge in [-0.3, -0.25) is 9.36 Å². The minimum Gasteiger partial charge on any atom is -0.301 e. The number of nitrogens with zero attached hydrogens (tertiary/aromatic N) is 4. The quantitative estimate of drug-likeness (QED) is 0.629. The molecule has 0 aliphatic heterocycles. The van der Waals surface area contributed by atoms with E-state index in [2.05, 4.69) is 34.3 Å². The lowest BCUT2D eigenvalue weighted by atomic mass is 10.2. The van der Waals surface area contributed by atoms with Gasteiger partial charge < -0.3 is 5.32 Å². The fourth-order valence-corrected chi connectivity index (χ4v) is 3.75. The molecular formula is C16H16ClN5OS2. The summed E-state index contributed by atoms with van der Waals surface area (Å²) in [5.74, 6) is 0.881. The predicted octanol–water partition coefficient (Wildman–Crippen LogP) is 4.37. The molecular weight excluding hydrogens is 378 g/mol. The van der Waals surface area contributed by atoms with Gasteiger partial charge in [-0.25, -0.2) is 4.98 Å². The second-order valence-electron chi connectivity index (χ2n) is 5.45. The fourth-order valence-electron chi connectivity index (χ4n) is 2.21. The van der Waals surface area contributed by atoms with Crippen LogP contribution in [0.4, 0.5) is 5.13 Å². The minimum atomic E-state index is -0.119. The van der Waals surface area contributed by atoms with E-state index in [1.165, 1.54) is 23.1 Å². The average Bonchev–Trinajstić information content (AvgIpc) is 3.23. The molecule has 0 atom stereocenters. The Kier molecular flexibility index (Phi) is 5.72. The van der Waals surface area contributed by atoms with Crippen LogP contribution >= 0.6 is 34.7 Å². The molecule has 0 saturated heterocycles. The van der Waals surface area contributed by atoms with E-state index < -0.39 is 0 Å². The highest BCUT2D eigenvalue weighted by Gasteiger charge is 2.18. The van der Waals surface area contributed by atoms with Gasteiger partial charge in [-0.05, 0) is 38.1 Å². The third-order valence-electron chi connectivity index (χ3n) is 3.29. The van der Waals surface area contributed by atoms with E-state index >= 15 is 0 Å². The van der Waals surface area contributed by atoms with Gasteiger partial charge in [0.15, 0.2) is 16.1 Å². The normalized spacial score (nSPS) is 11.0. The molecule has 0 radical (unpaired) electrons. The second kappa shape index (κ2) is 7.99. The molecule has 3 rings (SSSR count). The first-order valence-corrected chi connectivity index (χ1v) is 9.82. The number of anilines is 1. The van der Waals surface area contributed by atoms with Gasteiger partial charge in [0.2, 0.25) is 5.91 Å². The Bertz CT molecular complexity index is 846. The van der Waals surface area contributed by atoms with Crippen molar-refractivity contribution in [2.45, 2.75) is 25.0 Å². The van der Waals surface area contributed by atoms with Crippen LogP contribution in [-0.4, -0.2) is 31.4 Å². The zero-order valence-electron chi connectivity index (χ0n) is 13.6. The van der Waals surface area contributed by atoms with Crippen LogP contribution in [0.5, 0.6) is 0 Å². The summed E-state index contributed by atoms with van der Waals surface area (Å²) in [6.45, 7) is 4.12. The van der Waals surface area contributed by atoms with Crippen LogP contribution in [0.15, 0.2) is 41.0 Å². The van der Waals surface area contributed by atoms with Crippen LogP contribution in [0.3, 0.4) is 0 Å². The smallest absolute Gasteiger partial charge is 0.236 e. The second-order valence-corrected chi connectivity index (χ2v) is 7.72. The maximum Gasteiger partial charge on any atom is 0.236 e. The molecule has 0 aliphatic carbocycles. The number of rotatable bonds is 6. The molecule has 3 aromatic rings. The SMILES string of the molecule is CC(C)n1c(SCC(=O)Nc2nccs2)nnc1-c1ccc(Cl)cc1. The van der Waals surface area contributed by atoms with Gasteiger partial charge in [0, 0.05) is 28.2 Å². The first-order valence-electron chi connectivity index (χ1n) is 7.57. The molecule has 9 heteroatoms. The van der Waals surface area contributed by atoms with E-state index in [4.69, 9.17) is 11.6 Å². The van der Waals surface area contributed by atoms with Crippen molar-refractivity contribution in [3.8, 4) is 11.4 Å². The summed E-state index contributed by atoms with van der Waals surface area (Å²) in [7, 11) is 0. The van der Waals surface area contributed by atoms with Crippen molar-refractivity contribution in [1.82, 2.24) is 19.7 Å². The Balaban J connectivity index is 1.75. The van der Waals surface area contributed by atoms with Crippen molar-refractivity contribution >= 4 is 45.7 Å². The number of aromatic nitrogens is 4. The molecule has 130 valence electrons. The summed E-state index contributed by atoms with van der Waals surface area (Å²) in [6.07, 6.45) is 1.65. The zero-order chi connectivity index (χ0) is 17.8. The third-order valence-corrected chi connectivity index (χ3v) is 5.18. The van der Waals surface area contributed by atoms with Gasteiger partial charge in [0.25, 0.3) is 0 Å². The molecule has 2 heterocycles. The summed E-state index contributed by atoms with van der Waals surface area (Å²) in [6, 6.07) is 7.63. The summed E-state index contributed by atoms with van der Waals surface area (Å²) < 4.78 is 2.02. The lowest BCUT2D eigenvalue weighted by molar-refractivity contribution is -0.113. The van der Waals surface area contributed by atoms with Gasteiger partial charge in [0.1, 0.15) is 0 Å². The Morgan fingerprint density at radius 1 is 1.32 bits per heavy atom. The van der Waals surface area contributed by atoms with Crippen LogP contribution in [0.25, 0.3) is 11.4 Å². The topological polar surface area (TPSA) is 72.7 Å². The Hall–Kier alpha value is -1.90. The number of thiazole rings is 1. The number of thioether (sulfide) groups is 1. The van der Waals surface area contributed by atoms with Crippen molar-refractivity contribution in [3.63, 3.8) is 0 Å². The van der Waals surface area contributed by atoms with E-state index in [1.807, 2.05) is 34.2 Å². The molecule has 25 heavy (non-hydrogen) atoms. The first kappa shape index (κ1) is 17.9. The molecule has 2 aromatic heterocycles. The van der Waals surface area contributed by atoms with E-state index in [9.17, 15) is 4.79 Å². The van der Waals surface area contributed by atoms with Gasteiger partial charge >= 0.3 is 0 Å². The number of benzene rings is 1. The summed E-state index contributed by atoms with van der Waals surface area (Å²) in [5, 5.41) is 15.1. The van der Waals surface area contributed by atoms with E-state index in [0.717, 1.165) is 11.4 Å². The highest BCUT2D eigenvalue weighted by atomic mass is 35.5. The maximum absolute atomic E-state index is 12.0. The van der Waals surface area contributed by atoms with Gasteiger partial charge in [-0.2, -0.15) is 0 Å². The van der Waals surface area contributed by atoms with Crippen molar-refractivity contribution in [2.75, 3.05) is 11.1 Å². The monoisotopic (exact) mass is 393 g/mol. The number of hydrogen-bond donors (Lipinski definition) is 1. The van der Waals surface area contributed by atoms with Crippen LogP contribution in [0.2, 0.25) is 5.02 Å². The number of hydrogen-bond acceptors (Lipinski definition) is 6. The molecule has 0 bridgehead atoms. The third kappa shape index (κ3) is 4.39. The van der Waals surface area contributed by atoms with E-state index in [-0.39, 0.29) is 17.7 Å². The molecule has 1 N–H and O–H groups in total. The lowest BCUT2D eigenvalue weighted by Crippen LogP contribution is -2.14. The number of carbonyl (C=O) groups is 1. The van der Waals surface area contributed by atoms with Crippen LogP contribution in [0.1, 0.15) is 19.9 Å². The van der Waals surface area contributed by atoms with E-state index in [1.54, 1.807) is 6.20 Å². The first-order chi connectivity index (χ1) is 12.0. The van der Waals surface area contributed by atoms with Crippen molar-refractivity contribution in [2.24, 2.45) is 0 Å². The van der Waals surface area contributed by atoms with Gasteiger partial charge in [0.05, 0.1) is 5.75 Å². The Morgan fingerprint density at radius 2 is 2.08 bits per heavy atom.